The van der Waals surface area contributed by atoms with E-state index in [1.54, 1.807) is 14.2 Å². The maximum Gasteiger partial charge on any atom is 0.145 e. The topological polar surface area (TPSA) is 47.7 Å². The zero-order valence-electron chi connectivity index (χ0n) is 11.1. The first kappa shape index (κ1) is 13.6. The molecule has 0 aliphatic rings. The molecular weight excluding hydrogens is 216 g/mol. The van der Waals surface area contributed by atoms with Crippen LogP contribution in [0.15, 0.2) is 18.2 Å². The van der Waals surface area contributed by atoms with Crippen LogP contribution in [0.25, 0.3) is 0 Å². The lowest BCUT2D eigenvalue weighted by molar-refractivity contribution is 0.394. The Balaban J connectivity index is 2.88. The number of ether oxygens (including phenoxy) is 2. The van der Waals surface area contributed by atoms with Gasteiger partial charge in [-0.3, -0.25) is 0 Å². The van der Waals surface area contributed by atoms with E-state index in [0.717, 1.165) is 23.7 Å². The smallest absolute Gasteiger partial charge is 0.145 e. The largest absolute Gasteiger partial charge is 0.497 e. The normalized spacial score (nSPS) is 12.1. The summed E-state index contributed by atoms with van der Waals surface area (Å²) in [5.41, 5.74) is 6.69. The number of methoxy groups -OCH3 is 2. The van der Waals surface area contributed by atoms with E-state index in [0.29, 0.717) is 12.5 Å². The zero-order chi connectivity index (χ0) is 12.8. The zero-order valence-corrected chi connectivity index (χ0v) is 11.1. The SMILES string of the molecule is COc1ccc(N(C)CC(C)CN)c(OC)c1. The molecule has 0 saturated heterocycles. The van der Waals surface area contributed by atoms with E-state index in [-0.39, 0.29) is 0 Å². The van der Waals surface area contributed by atoms with Crippen LogP contribution in [0.1, 0.15) is 6.92 Å². The standard InChI is InChI=1S/C13H22N2O2/c1-10(8-14)9-15(2)12-6-5-11(16-3)7-13(12)17-4/h5-7,10H,8-9,14H2,1-4H3. The summed E-state index contributed by atoms with van der Waals surface area (Å²) in [5.74, 6) is 2.06. The molecule has 0 aliphatic heterocycles. The number of nitrogens with two attached hydrogens (primary N) is 1. The van der Waals surface area contributed by atoms with E-state index < -0.39 is 0 Å². The van der Waals surface area contributed by atoms with Crippen LogP contribution in [0.4, 0.5) is 5.69 Å². The second-order valence-corrected chi connectivity index (χ2v) is 4.26. The van der Waals surface area contributed by atoms with Gasteiger partial charge in [-0.2, -0.15) is 0 Å². The Bertz CT molecular complexity index is 355. The van der Waals surface area contributed by atoms with Gasteiger partial charge in [-0.05, 0) is 24.6 Å². The second-order valence-electron chi connectivity index (χ2n) is 4.26. The fraction of sp³-hybridized carbons (Fsp3) is 0.538. The minimum atomic E-state index is 0.451. The molecule has 1 rings (SSSR count). The molecular formula is C13H22N2O2. The minimum Gasteiger partial charge on any atom is -0.497 e. The number of nitrogens with zero attached hydrogens (tertiary/aromatic N) is 1. The predicted octanol–water partition coefficient (Wildman–Crippen LogP) is 1.73. The monoisotopic (exact) mass is 238 g/mol. The number of benzene rings is 1. The van der Waals surface area contributed by atoms with Gasteiger partial charge in [0.05, 0.1) is 19.9 Å². The van der Waals surface area contributed by atoms with Crippen LogP contribution < -0.4 is 20.1 Å². The maximum absolute atomic E-state index is 5.64. The van der Waals surface area contributed by atoms with Gasteiger partial charge in [0, 0.05) is 19.7 Å². The Kier molecular flexibility index (Phi) is 5.10. The molecule has 4 heteroatoms. The number of anilines is 1. The number of hydrogen-bond acceptors (Lipinski definition) is 4. The van der Waals surface area contributed by atoms with Crippen molar-refractivity contribution in [3.05, 3.63) is 18.2 Å². The van der Waals surface area contributed by atoms with Crippen LogP contribution in [0, 0.1) is 5.92 Å². The first-order valence-corrected chi connectivity index (χ1v) is 5.75. The van der Waals surface area contributed by atoms with E-state index in [9.17, 15) is 0 Å². The Labute approximate surface area is 103 Å². The van der Waals surface area contributed by atoms with Gasteiger partial charge in [0.15, 0.2) is 0 Å². The summed E-state index contributed by atoms with van der Waals surface area (Å²) in [6.45, 7) is 3.72. The van der Waals surface area contributed by atoms with Gasteiger partial charge in [0.1, 0.15) is 11.5 Å². The molecule has 0 amide bonds. The van der Waals surface area contributed by atoms with Gasteiger partial charge >= 0.3 is 0 Å². The van der Waals surface area contributed by atoms with Gasteiger partial charge in [0.25, 0.3) is 0 Å². The lowest BCUT2D eigenvalue weighted by Crippen LogP contribution is -2.28. The van der Waals surface area contributed by atoms with E-state index in [4.69, 9.17) is 15.2 Å². The van der Waals surface area contributed by atoms with E-state index >= 15 is 0 Å². The van der Waals surface area contributed by atoms with Crippen molar-refractivity contribution in [3.63, 3.8) is 0 Å². The molecule has 2 N–H and O–H groups in total. The molecule has 0 heterocycles. The molecule has 0 fully saturated rings. The van der Waals surface area contributed by atoms with Gasteiger partial charge < -0.3 is 20.1 Å². The molecule has 1 unspecified atom stereocenters. The Hall–Kier alpha value is -1.42. The average Bonchev–Trinajstić information content (AvgIpc) is 2.37. The Morgan fingerprint density at radius 2 is 2.00 bits per heavy atom. The highest BCUT2D eigenvalue weighted by Crippen LogP contribution is 2.31. The van der Waals surface area contributed by atoms with Crippen molar-refractivity contribution >= 4 is 5.69 Å². The molecule has 0 aromatic heterocycles. The summed E-state index contributed by atoms with van der Waals surface area (Å²) in [4.78, 5) is 2.15. The van der Waals surface area contributed by atoms with Crippen LogP contribution in [-0.4, -0.2) is 34.4 Å². The van der Waals surface area contributed by atoms with Crippen molar-refractivity contribution in [1.82, 2.24) is 0 Å². The van der Waals surface area contributed by atoms with Crippen molar-refractivity contribution in [1.29, 1.82) is 0 Å². The number of hydrogen-bond donors (Lipinski definition) is 1. The first-order valence-electron chi connectivity index (χ1n) is 5.75. The highest BCUT2D eigenvalue weighted by molar-refractivity contribution is 5.60. The van der Waals surface area contributed by atoms with Crippen LogP contribution in [0.3, 0.4) is 0 Å². The fourth-order valence-electron chi connectivity index (χ4n) is 1.74. The molecule has 17 heavy (non-hydrogen) atoms. The van der Waals surface area contributed by atoms with Crippen LogP contribution in [0.2, 0.25) is 0 Å². The van der Waals surface area contributed by atoms with Gasteiger partial charge in [-0.25, -0.2) is 0 Å². The summed E-state index contributed by atoms with van der Waals surface area (Å²) >= 11 is 0. The van der Waals surface area contributed by atoms with E-state index in [1.165, 1.54) is 0 Å². The maximum atomic E-state index is 5.64. The van der Waals surface area contributed by atoms with Crippen molar-refractivity contribution in [3.8, 4) is 11.5 Å². The highest BCUT2D eigenvalue weighted by atomic mass is 16.5. The summed E-state index contributed by atoms with van der Waals surface area (Å²) in [6, 6.07) is 5.82. The molecule has 1 atom stereocenters. The van der Waals surface area contributed by atoms with Gasteiger partial charge in [0.2, 0.25) is 0 Å². The molecule has 4 nitrogen and oxygen atoms in total. The first-order chi connectivity index (χ1) is 8.12. The van der Waals surface area contributed by atoms with Crippen molar-refractivity contribution in [2.75, 3.05) is 39.3 Å². The summed E-state index contributed by atoms with van der Waals surface area (Å²) in [7, 11) is 5.35. The molecule has 96 valence electrons. The van der Waals surface area contributed by atoms with Crippen LogP contribution in [0.5, 0.6) is 11.5 Å². The summed E-state index contributed by atoms with van der Waals surface area (Å²) in [5, 5.41) is 0. The highest BCUT2D eigenvalue weighted by Gasteiger charge is 2.11. The molecule has 0 radical (unpaired) electrons. The molecule has 1 aromatic rings. The van der Waals surface area contributed by atoms with Gasteiger partial charge in [-0.15, -0.1) is 0 Å². The van der Waals surface area contributed by atoms with E-state index in [1.807, 2.05) is 25.2 Å². The fourth-order valence-corrected chi connectivity index (χ4v) is 1.74. The molecule has 0 bridgehead atoms. The van der Waals surface area contributed by atoms with Crippen LogP contribution in [-0.2, 0) is 0 Å². The molecule has 0 spiro atoms. The quantitative estimate of drug-likeness (QED) is 0.820. The average molecular weight is 238 g/mol. The second kappa shape index (κ2) is 6.35. The third kappa shape index (κ3) is 3.53. The molecule has 0 aliphatic carbocycles. The minimum absolute atomic E-state index is 0.451. The van der Waals surface area contributed by atoms with Crippen molar-refractivity contribution < 1.29 is 9.47 Å². The Morgan fingerprint density at radius 3 is 2.53 bits per heavy atom. The van der Waals surface area contributed by atoms with Gasteiger partial charge in [-0.1, -0.05) is 6.92 Å². The third-order valence-electron chi connectivity index (χ3n) is 2.79. The lowest BCUT2D eigenvalue weighted by atomic mass is 10.1. The predicted molar refractivity (Wildman–Crippen MR) is 71.0 cm³/mol. The van der Waals surface area contributed by atoms with E-state index in [2.05, 4.69) is 11.8 Å². The Morgan fingerprint density at radius 1 is 1.29 bits per heavy atom. The third-order valence-corrected chi connectivity index (χ3v) is 2.79. The van der Waals surface area contributed by atoms with Crippen molar-refractivity contribution in [2.45, 2.75) is 6.92 Å². The number of rotatable bonds is 6. The summed E-state index contributed by atoms with van der Waals surface area (Å²) in [6.07, 6.45) is 0. The molecule has 0 saturated carbocycles. The van der Waals surface area contributed by atoms with Crippen LogP contribution >= 0.6 is 0 Å². The lowest BCUT2D eigenvalue weighted by Gasteiger charge is -2.24. The molecule has 1 aromatic carbocycles. The summed E-state index contributed by atoms with van der Waals surface area (Å²) < 4.78 is 10.5. The van der Waals surface area contributed by atoms with Crippen molar-refractivity contribution in [2.24, 2.45) is 11.7 Å².